The molecule has 1 heterocycles. The summed E-state index contributed by atoms with van der Waals surface area (Å²) in [6.07, 6.45) is -1.36. The third kappa shape index (κ3) is 13.9. The van der Waals surface area contributed by atoms with Gasteiger partial charge in [-0.05, 0) is 58.0 Å². The van der Waals surface area contributed by atoms with Gasteiger partial charge in [0.25, 0.3) is 0 Å². The number of hydrogen-bond acceptors (Lipinski definition) is 10. The molecule has 0 bridgehead atoms. The maximum atomic E-state index is 13.3. The Bertz CT molecular complexity index is 1020. The van der Waals surface area contributed by atoms with Gasteiger partial charge in [0.05, 0.1) is 12.8 Å². The molecule has 0 aromatic heterocycles. The molecule has 242 valence electrons. The van der Waals surface area contributed by atoms with Gasteiger partial charge < -0.3 is 53.4 Å². The number of carboxylic acid groups (broad SMARTS) is 3. The fourth-order valence-electron chi connectivity index (χ4n) is 4.19. The highest BCUT2D eigenvalue weighted by molar-refractivity contribution is 5.99. The van der Waals surface area contributed by atoms with Crippen molar-refractivity contribution in [2.45, 2.75) is 94.4 Å². The van der Waals surface area contributed by atoms with Gasteiger partial charge in [-0.15, -0.1) is 0 Å². The summed E-state index contributed by atoms with van der Waals surface area (Å²) in [5.41, 5.74) is 11.0. The van der Waals surface area contributed by atoms with Crippen molar-refractivity contribution in [3.05, 3.63) is 0 Å². The van der Waals surface area contributed by atoms with Crippen LogP contribution in [0.15, 0.2) is 0 Å². The van der Waals surface area contributed by atoms with E-state index < -0.39 is 103 Å². The van der Waals surface area contributed by atoms with Crippen molar-refractivity contribution < 1.29 is 53.7 Å². The third-order valence-corrected chi connectivity index (χ3v) is 6.46. The molecule has 0 radical (unpaired) electrons. The lowest BCUT2D eigenvalue weighted by atomic mass is 10.0. The van der Waals surface area contributed by atoms with Crippen molar-refractivity contribution in [3.63, 3.8) is 0 Å². The first-order valence-electron chi connectivity index (χ1n) is 13.9. The molecule has 43 heavy (non-hydrogen) atoms. The minimum atomic E-state index is -1.78. The summed E-state index contributed by atoms with van der Waals surface area (Å²) in [5, 5.41) is 39.4. The van der Waals surface area contributed by atoms with Gasteiger partial charge in [0.15, 0.2) is 0 Å². The topological polar surface area (TPSA) is 309 Å². The Balaban J connectivity index is 3.60. The quantitative estimate of drug-likeness (QED) is 0.0800. The number of aliphatic carboxylic acids is 3. The number of carboxylic acids is 3. The maximum absolute atomic E-state index is 13.3. The Morgan fingerprint density at radius 2 is 0.791 bits per heavy atom. The molecule has 5 amide bonds. The van der Waals surface area contributed by atoms with E-state index in [0.29, 0.717) is 25.7 Å². The predicted molar refractivity (Wildman–Crippen MR) is 147 cm³/mol. The van der Waals surface area contributed by atoms with Gasteiger partial charge in [0.2, 0.25) is 29.5 Å². The molecule has 1 aliphatic rings. The Hall–Kier alpha value is -4.32. The number of carbonyl (C=O) groups excluding carboxylic acids is 5. The number of hydrogen-bond donors (Lipinski definition) is 10. The van der Waals surface area contributed by atoms with E-state index in [0.717, 1.165) is 0 Å². The maximum Gasteiger partial charge on any atom is 0.305 e. The molecule has 12 N–H and O–H groups in total. The summed E-state index contributed by atoms with van der Waals surface area (Å²) in [5.74, 6) is -9.42. The Morgan fingerprint density at radius 3 is 1.09 bits per heavy atom. The second-order valence-corrected chi connectivity index (χ2v) is 10.0. The van der Waals surface area contributed by atoms with Crippen LogP contribution in [-0.4, -0.2) is 106 Å². The summed E-state index contributed by atoms with van der Waals surface area (Å²) >= 11 is 0. The lowest BCUT2D eigenvalue weighted by Gasteiger charge is -2.25. The average Bonchev–Trinajstić information content (AvgIpc) is 2.92. The fraction of sp³-hybridized carbons (Fsp3) is 0.680. The van der Waals surface area contributed by atoms with Crippen LogP contribution in [0.4, 0.5) is 0 Å². The molecule has 5 atom stereocenters. The van der Waals surface area contributed by atoms with Gasteiger partial charge in [0, 0.05) is 6.42 Å². The van der Waals surface area contributed by atoms with Crippen LogP contribution >= 0.6 is 0 Å². The zero-order chi connectivity index (χ0) is 32.5. The molecule has 0 aromatic carbocycles. The van der Waals surface area contributed by atoms with Crippen molar-refractivity contribution in [3.8, 4) is 0 Å². The highest BCUT2D eigenvalue weighted by Gasteiger charge is 2.35. The molecule has 1 aliphatic heterocycles. The number of nitrogens with one attached hydrogen (secondary N) is 5. The largest absolute Gasteiger partial charge is 0.481 e. The van der Waals surface area contributed by atoms with Crippen LogP contribution in [0.25, 0.3) is 0 Å². The molecule has 1 fully saturated rings. The third-order valence-electron chi connectivity index (χ3n) is 6.46. The van der Waals surface area contributed by atoms with Crippen molar-refractivity contribution in [2.75, 3.05) is 13.1 Å². The molecule has 0 aliphatic carbocycles. The van der Waals surface area contributed by atoms with Crippen LogP contribution in [0.5, 0.6) is 0 Å². The van der Waals surface area contributed by atoms with E-state index in [4.69, 9.17) is 11.5 Å². The van der Waals surface area contributed by atoms with Gasteiger partial charge in [-0.3, -0.25) is 38.4 Å². The molecule has 1 saturated heterocycles. The van der Waals surface area contributed by atoms with Crippen LogP contribution in [0, 0.1) is 0 Å². The molecular formula is C25H41N7O11. The minimum Gasteiger partial charge on any atom is -0.481 e. The molecule has 18 heteroatoms. The van der Waals surface area contributed by atoms with Crippen molar-refractivity contribution in [1.29, 1.82) is 0 Å². The zero-order valence-electron chi connectivity index (χ0n) is 23.6. The smallest absolute Gasteiger partial charge is 0.305 e. The van der Waals surface area contributed by atoms with Crippen molar-refractivity contribution in [2.24, 2.45) is 11.5 Å². The Labute approximate surface area is 247 Å². The Morgan fingerprint density at radius 1 is 0.488 bits per heavy atom. The highest BCUT2D eigenvalue weighted by atomic mass is 16.4. The van der Waals surface area contributed by atoms with Gasteiger partial charge in [-0.2, -0.15) is 0 Å². The SMILES string of the molecule is NCCCC[C@@H]1NC(=O)[C@H](CCC(=O)O)NC(=O)[C@H](CCCCN)NC(=O)[C@H](CC(=O)O)NC(=O)[C@H](CC(=O)O)NC1=O. The van der Waals surface area contributed by atoms with Crippen LogP contribution in [-0.2, 0) is 38.4 Å². The monoisotopic (exact) mass is 615 g/mol. The lowest BCUT2D eigenvalue weighted by Crippen LogP contribution is -2.58. The summed E-state index contributed by atoms with van der Waals surface area (Å²) in [6, 6.07) is -7.75. The molecule has 0 aromatic rings. The first-order chi connectivity index (χ1) is 20.3. The summed E-state index contributed by atoms with van der Waals surface area (Å²) < 4.78 is 0. The van der Waals surface area contributed by atoms with Crippen LogP contribution in [0.1, 0.15) is 64.2 Å². The van der Waals surface area contributed by atoms with Crippen LogP contribution in [0.2, 0.25) is 0 Å². The van der Waals surface area contributed by atoms with Crippen LogP contribution in [0.3, 0.4) is 0 Å². The molecule has 18 nitrogen and oxygen atoms in total. The van der Waals surface area contributed by atoms with E-state index >= 15 is 0 Å². The van der Waals surface area contributed by atoms with Crippen LogP contribution < -0.4 is 38.1 Å². The first-order valence-corrected chi connectivity index (χ1v) is 13.9. The second-order valence-electron chi connectivity index (χ2n) is 10.0. The predicted octanol–water partition coefficient (Wildman–Crippen LogP) is -3.50. The van der Waals surface area contributed by atoms with E-state index in [1.165, 1.54) is 0 Å². The molecule has 0 spiro atoms. The lowest BCUT2D eigenvalue weighted by molar-refractivity contribution is -0.143. The summed E-state index contributed by atoms with van der Waals surface area (Å²) in [6.45, 7) is 0.502. The summed E-state index contributed by atoms with van der Waals surface area (Å²) in [4.78, 5) is 100. The van der Waals surface area contributed by atoms with Gasteiger partial charge in [0.1, 0.15) is 30.2 Å². The Kier molecular flexibility index (Phi) is 16.2. The molecule has 0 saturated carbocycles. The van der Waals surface area contributed by atoms with Gasteiger partial charge in [-0.1, -0.05) is 0 Å². The number of amides is 5. The molecule has 1 rings (SSSR count). The standard InChI is InChI=1S/C25H41N7O11/c26-9-3-1-5-13-21(39)30-15(7-8-18(33)34)23(41)28-14(6-2-4-10-27)22(40)31-17(12-20(37)38)25(43)32-16(11-19(35)36)24(42)29-13/h13-17H,1-12,26-27H2,(H,28,41)(H,29,42)(H,30,39)(H,31,40)(H,32,43)(H,33,34)(H,35,36)(H,37,38)/t13-,14-,15-,16-,17-/m0/s1. The van der Waals surface area contributed by atoms with E-state index in [2.05, 4.69) is 26.6 Å². The van der Waals surface area contributed by atoms with E-state index in [9.17, 15) is 53.7 Å². The van der Waals surface area contributed by atoms with Crippen molar-refractivity contribution >= 4 is 47.4 Å². The fourth-order valence-corrected chi connectivity index (χ4v) is 4.19. The van der Waals surface area contributed by atoms with Crippen molar-refractivity contribution in [1.82, 2.24) is 26.6 Å². The van der Waals surface area contributed by atoms with E-state index in [1.54, 1.807) is 0 Å². The number of nitrogens with two attached hydrogens (primary N) is 2. The van der Waals surface area contributed by atoms with Gasteiger partial charge in [-0.25, -0.2) is 0 Å². The average molecular weight is 616 g/mol. The van der Waals surface area contributed by atoms with E-state index in [-0.39, 0.29) is 25.9 Å². The second kappa shape index (κ2) is 19.0. The number of unbranched alkanes of at least 4 members (excludes halogenated alkanes) is 2. The van der Waals surface area contributed by atoms with Gasteiger partial charge >= 0.3 is 17.9 Å². The summed E-state index contributed by atoms with van der Waals surface area (Å²) in [7, 11) is 0. The first kappa shape index (κ1) is 36.7. The normalized spacial score (nSPS) is 23.9. The molecular weight excluding hydrogens is 574 g/mol. The number of rotatable bonds is 15. The zero-order valence-corrected chi connectivity index (χ0v) is 23.6. The minimum absolute atomic E-state index is 0.0147. The van der Waals surface area contributed by atoms with E-state index in [1.807, 2.05) is 0 Å². The highest BCUT2D eigenvalue weighted by Crippen LogP contribution is 2.09. The number of carbonyl (C=O) groups is 8. The molecule has 0 unspecified atom stereocenters.